The number of furan rings is 1. The van der Waals surface area contributed by atoms with Crippen LogP contribution in [0.1, 0.15) is 37.0 Å². The average Bonchev–Trinajstić information content (AvgIpc) is 3.42. The number of halogens is 1. The number of piperidine rings is 1. The largest absolute Gasteiger partial charge is 0.469 e. The van der Waals surface area contributed by atoms with Gasteiger partial charge in [-0.05, 0) is 49.3 Å². The Kier molecular flexibility index (Phi) is 8.86. The third-order valence-electron chi connectivity index (χ3n) is 5.63. The van der Waals surface area contributed by atoms with Crippen molar-refractivity contribution in [1.29, 1.82) is 0 Å². The van der Waals surface area contributed by atoms with E-state index in [1.807, 2.05) is 12.1 Å². The molecule has 2 heterocycles. The lowest BCUT2D eigenvalue weighted by molar-refractivity contribution is 0.198. The fourth-order valence-corrected chi connectivity index (χ4v) is 3.70. The number of aliphatic imine (C=N–C) groups is 1. The van der Waals surface area contributed by atoms with Gasteiger partial charge in [0.25, 0.3) is 0 Å². The molecule has 2 aliphatic rings. The van der Waals surface area contributed by atoms with Crippen LogP contribution in [-0.4, -0.2) is 43.1 Å². The Morgan fingerprint density at radius 1 is 1.03 bits per heavy atom. The summed E-state index contributed by atoms with van der Waals surface area (Å²) in [6.07, 6.45) is 7.61. The number of hydrogen-bond donors (Lipinski definition) is 2. The average molecular weight is 508 g/mol. The van der Waals surface area contributed by atoms with Crippen molar-refractivity contribution in [3.8, 4) is 0 Å². The minimum absolute atomic E-state index is 0. The van der Waals surface area contributed by atoms with E-state index in [2.05, 4.69) is 45.9 Å². The molecule has 2 aromatic rings. The predicted molar refractivity (Wildman–Crippen MR) is 129 cm³/mol. The lowest BCUT2D eigenvalue weighted by Gasteiger charge is -2.33. The van der Waals surface area contributed by atoms with Crippen LogP contribution < -0.4 is 10.6 Å². The molecule has 4 rings (SSSR count). The van der Waals surface area contributed by atoms with E-state index in [0.29, 0.717) is 6.04 Å². The normalized spacial score (nSPS) is 18.3. The van der Waals surface area contributed by atoms with Gasteiger partial charge in [-0.1, -0.05) is 30.3 Å². The summed E-state index contributed by atoms with van der Waals surface area (Å²) in [5.74, 6) is 2.79. The first-order valence-corrected chi connectivity index (χ1v) is 10.7. The molecule has 2 N–H and O–H groups in total. The Labute approximate surface area is 191 Å². The minimum Gasteiger partial charge on any atom is -0.469 e. The zero-order chi connectivity index (χ0) is 19.0. The van der Waals surface area contributed by atoms with E-state index in [1.165, 1.54) is 18.4 Å². The topological polar surface area (TPSA) is 52.8 Å². The second-order valence-electron chi connectivity index (χ2n) is 8.07. The van der Waals surface area contributed by atoms with E-state index >= 15 is 0 Å². The van der Waals surface area contributed by atoms with Gasteiger partial charge < -0.3 is 15.1 Å². The van der Waals surface area contributed by atoms with Crippen LogP contribution in [-0.2, 0) is 13.0 Å². The SMILES string of the molecule is I.c1ccc(CN2CCC(NC(=NCC3CC3)NCCc3ccco3)CC2)cc1. The molecule has 1 aliphatic carbocycles. The molecule has 0 bridgehead atoms. The van der Waals surface area contributed by atoms with Crippen molar-refractivity contribution in [2.75, 3.05) is 26.2 Å². The van der Waals surface area contributed by atoms with Crippen LogP contribution in [0.2, 0.25) is 0 Å². The second kappa shape index (κ2) is 11.6. The number of rotatable bonds is 8. The number of nitrogens with one attached hydrogen (secondary N) is 2. The van der Waals surface area contributed by atoms with Crippen LogP contribution >= 0.6 is 24.0 Å². The fourth-order valence-electron chi connectivity index (χ4n) is 3.70. The van der Waals surface area contributed by atoms with Crippen molar-refractivity contribution in [3.63, 3.8) is 0 Å². The summed E-state index contributed by atoms with van der Waals surface area (Å²) in [6, 6.07) is 15.2. The van der Waals surface area contributed by atoms with Crippen LogP contribution in [0.5, 0.6) is 0 Å². The number of hydrogen-bond acceptors (Lipinski definition) is 3. The molecule has 0 amide bonds. The number of nitrogens with zero attached hydrogens (tertiary/aromatic N) is 2. The molecule has 1 aliphatic heterocycles. The summed E-state index contributed by atoms with van der Waals surface area (Å²) < 4.78 is 5.43. The maximum atomic E-state index is 5.43. The van der Waals surface area contributed by atoms with Gasteiger partial charge >= 0.3 is 0 Å². The van der Waals surface area contributed by atoms with Crippen molar-refractivity contribution < 1.29 is 4.42 Å². The first kappa shape index (κ1) is 22.2. The summed E-state index contributed by atoms with van der Waals surface area (Å²) in [4.78, 5) is 7.39. The Balaban J connectivity index is 0.00000240. The van der Waals surface area contributed by atoms with Crippen molar-refractivity contribution >= 4 is 29.9 Å². The molecule has 0 radical (unpaired) electrons. The molecule has 2 fully saturated rings. The van der Waals surface area contributed by atoms with Crippen LogP contribution in [0.3, 0.4) is 0 Å². The monoisotopic (exact) mass is 508 g/mol. The highest BCUT2D eigenvalue weighted by Gasteiger charge is 2.22. The summed E-state index contributed by atoms with van der Waals surface area (Å²) in [5, 5.41) is 7.19. The van der Waals surface area contributed by atoms with Gasteiger partial charge in [-0.2, -0.15) is 0 Å². The van der Waals surface area contributed by atoms with E-state index in [9.17, 15) is 0 Å². The quantitative estimate of drug-likeness (QED) is 0.321. The molecule has 0 spiro atoms. The van der Waals surface area contributed by atoms with Gasteiger partial charge in [0, 0.05) is 45.2 Å². The Hall–Kier alpha value is -1.54. The highest BCUT2D eigenvalue weighted by atomic mass is 127. The minimum atomic E-state index is 0. The molecule has 0 atom stereocenters. The number of guanidine groups is 1. The summed E-state index contributed by atoms with van der Waals surface area (Å²) >= 11 is 0. The van der Waals surface area contributed by atoms with Crippen molar-refractivity contribution in [2.45, 2.75) is 44.7 Å². The molecule has 5 nitrogen and oxygen atoms in total. The smallest absolute Gasteiger partial charge is 0.191 e. The molecule has 1 aromatic heterocycles. The number of benzene rings is 1. The molecule has 1 aromatic carbocycles. The second-order valence-corrected chi connectivity index (χ2v) is 8.07. The van der Waals surface area contributed by atoms with Crippen LogP contribution in [0, 0.1) is 5.92 Å². The lowest BCUT2D eigenvalue weighted by Crippen LogP contribution is -2.49. The first-order valence-electron chi connectivity index (χ1n) is 10.7. The molecule has 0 unspecified atom stereocenters. The summed E-state index contributed by atoms with van der Waals surface area (Å²) in [7, 11) is 0. The van der Waals surface area contributed by atoms with Gasteiger partial charge in [-0.25, -0.2) is 0 Å². The Morgan fingerprint density at radius 3 is 2.52 bits per heavy atom. The van der Waals surface area contributed by atoms with Gasteiger partial charge in [0.05, 0.1) is 6.26 Å². The Bertz CT molecular complexity index is 723. The summed E-state index contributed by atoms with van der Waals surface area (Å²) in [6.45, 7) is 5.11. The zero-order valence-corrected chi connectivity index (χ0v) is 19.4. The predicted octanol–water partition coefficient (Wildman–Crippen LogP) is 4.05. The molecule has 1 saturated heterocycles. The maximum Gasteiger partial charge on any atom is 0.191 e. The van der Waals surface area contributed by atoms with Crippen LogP contribution in [0.25, 0.3) is 0 Å². The fraction of sp³-hybridized carbons (Fsp3) is 0.522. The lowest BCUT2D eigenvalue weighted by atomic mass is 10.0. The third kappa shape index (κ3) is 7.66. The van der Waals surface area contributed by atoms with E-state index in [-0.39, 0.29) is 24.0 Å². The standard InChI is InChI=1S/C23H32N4O.HI/c1-2-5-20(6-3-1)18-27-14-11-21(12-15-27)26-23(25-17-19-8-9-19)24-13-10-22-7-4-16-28-22;/h1-7,16,19,21H,8-15,17-18H2,(H2,24,25,26);1H. The Morgan fingerprint density at radius 2 is 1.83 bits per heavy atom. The third-order valence-corrected chi connectivity index (χ3v) is 5.63. The zero-order valence-electron chi connectivity index (χ0n) is 17.1. The van der Waals surface area contributed by atoms with Crippen LogP contribution in [0.15, 0.2) is 58.1 Å². The van der Waals surface area contributed by atoms with Gasteiger partial charge in [-0.3, -0.25) is 9.89 Å². The van der Waals surface area contributed by atoms with Gasteiger partial charge in [0.15, 0.2) is 5.96 Å². The first-order chi connectivity index (χ1) is 13.8. The van der Waals surface area contributed by atoms with Gasteiger partial charge in [0.1, 0.15) is 5.76 Å². The van der Waals surface area contributed by atoms with Crippen molar-refractivity contribution in [3.05, 3.63) is 60.1 Å². The molecule has 6 heteroatoms. The molecular weight excluding hydrogens is 475 g/mol. The number of likely N-dealkylation sites (tertiary alicyclic amines) is 1. The molecule has 1 saturated carbocycles. The van der Waals surface area contributed by atoms with Gasteiger partial charge in [0.2, 0.25) is 0 Å². The van der Waals surface area contributed by atoms with Gasteiger partial charge in [-0.15, -0.1) is 24.0 Å². The highest BCUT2D eigenvalue weighted by molar-refractivity contribution is 14.0. The van der Waals surface area contributed by atoms with Crippen molar-refractivity contribution in [1.82, 2.24) is 15.5 Å². The maximum absolute atomic E-state index is 5.43. The van der Waals surface area contributed by atoms with E-state index < -0.39 is 0 Å². The molecule has 29 heavy (non-hydrogen) atoms. The van der Waals surface area contributed by atoms with E-state index in [0.717, 1.165) is 69.6 Å². The van der Waals surface area contributed by atoms with E-state index in [4.69, 9.17) is 9.41 Å². The molecule has 158 valence electrons. The van der Waals surface area contributed by atoms with E-state index in [1.54, 1.807) is 6.26 Å². The van der Waals surface area contributed by atoms with Crippen molar-refractivity contribution in [2.24, 2.45) is 10.9 Å². The summed E-state index contributed by atoms with van der Waals surface area (Å²) in [5.41, 5.74) is 1.40. The van der Waals surface area contributed by atoms with Crippen LogP contribution in [0.4, 0.5) is 0 Å². The highest BCUT2D eigenvalue weighted by Crippen LogP contribution is 2.28. The molecular formula is C23H33IN4O.